The number of hydrogen-bond donors (Lipinski definition) is 2. The van der Waals surface area contributed by atoms with Crippen LogP contribution < -0.4 is 10.6 Å². The number of rotatable bonds is 2. The third kappa shape index (κ3) is 2.49. The number of carboxylic acids is 1. The normalized spacial score (nSPS) is 20.3. The summed E-state index contributed by atoms with van der Waals surface area (Å²) in [5.74, 6) is -0.461. The second-order valence-corrected chi connectivity index (χ2v) is 4.52. The number of hydrogen-bond acceptors (Lipinski definition) is 4. The van der Waals surface area contributed by atoms with Crippen molar-refractivity contribution in [2.45, 2.75) is 19.8 Å². The zero-order chi connectivity index (χ0) is 12.4. The van der Waals surface area contributed by atoms with Crippen molar-refractivity contribution >= 4 is 17.5 Å². The second-order valence-electron chi connectivity index (χ2n) is 4.52. The number of pyridine rings is 1. The van der Waals surface area contributed by atoms with Crippen molar-refractivity contribution in [3.05, 3.63) is 17.8 Å². The zero-order valence-corrected chi connectivity index (χ0v) is 9.89. The van der Waals surface area contributed by atoms with Crippen LogP contribution in [0, 0.1) is 12.8 Å². The first-order valence-electron chi connectivity index (χ1n) is 5.78. The third-order valence-corrected chi connectivity index (χ3v) is 3.24. The fraction of sp³-hybridized carbons (Fsp3) is 0.500. The number of nitrogen functional groups attached to an aromatic ring is 1. The molecule has 0 aromatic carbocycles. The van der Waals surface area contributed by atoms with E-state index < -0.39 is 5.97 Å². The molecule has 5 heteroatoms. The standard InChI is InChI=1S/C12H17N3O2/c1-8-5-10(6-14-11(8)13)15-4-2-3-9(7-15)12(16)17/h5-6,9H,2-4,7H2,1H3,(H2,13,14)(H,16,17). The third-order valence-electron chi connectivity index (χ3n) is 3.24. The van der Waals surface area contributed by atoms with Crippen molar-refractivity contribution in [1.29, 1.82) is 0 Å². The van der Waals surface area contributed by atoms with E-state index in [1.807, 2.05) is 13.0 Å². The highest BCUT2D eigenvalue weighted by molar-refractivity contribution is 5.71. The topological polar surface area (TPSA) is 79.5 Å². The van der Waals surface area contributed by atoms with Crippen molar-refractivity contribution in [1.82, 2.24) is 4.98 Å². The van der Waals surface area contributed by atoms with Crippen LogP contribution in [0.15, 0.2) is 12.3 Å². The molecular weight excluding hydrogens is 218 g/mol. The van der Waals surface area contributed by atoms with Crippen LogP contribution in [0.25, 0.3) is 0 Å². The molecule has 2 rings (SSSR count). The minimum absolute atomic E-state index is 0.276. The zero-order valence-electron chi connectivity index (χ0n) is 9.89. The van der Waals surface area contributed by atoms with Gasteiger partial charge in [0, 0.05) is 13.1 Å². The number of anilines is 2. The molecule has 1 atom stereocenters. The van der Waals surface area contributed by atoms with E-state index in [-0.39, 0.29) is 5.92 Å². The van der Waals surface area contributed by atoms with E-state index in [1.54, 1.807) is 6.20 Å². The summed E-state index contributed by atoms with van der Waals surface area (Å²) in [6.45, 7) is 3.35. The first kappa shape index (κ1) is 11.7. The largest absolute Gasteiger partial charge is 0.481 e. The summed E-state index contributed by atoms with van der Waals surface area (Å²) in [6.07, 6.45) is 3.38. The van der Waals surface area contributed by atoms with Gasteiger partial charge in [0.2, 0.25) is 0 Å². The SMILES string of the molecule is Cc1cc(N2CCCC(C(=O)O)C2)cnc1N. The van der Waals surface area contributed by atoms with Crippen LogP contribution in [0.3, 0.4) is 0 Å². The molecule has 0 radical (unpaired) electrons. The molecule has 0 amide bonds. The van der Waals surface area contributed by atoms with Crippen molar-refractivity contribution in [2.24, 2.45) is 5.92 Å². The van der Waals surface area contributed by atoms with Gasteiger partial charge < -0.3 is 15.7 Å². The Morgan fingerprint density at radius 2 is 2.41 bits per heavy atom. The summed E-state index contributed by atoms with van der Waals surface area (Å²) in [5, 5.41) is 9.04. The van der Waals surface area contributed by atoms with Crippen LogP contribution in [-0.2, 0) is 4.79 Å². The van der Waals surface area contributed by atoms with Gasteiger partial charge in [0.1, 0.15) is 5.82 Å². The van der Waals surface area contributed by atoms with Crippen LogP contribution in [0.1, 0.15) is 18.4 Å². The molecule has 0 aliphatic carbocycles. The summed E-state index contributed by atoms with van der Waals surface area (Å²) in [7, 11) is 0. The van der Waals surface area contributed by atoms with Crippen LogP contribution in [0.2, 0.25) is 0 Å². The summed E-state index contributed by atoms with van der Waals surface area (Å²) in [4.78, 5) is 17.2. The van der Waals surface area contributed by atoms with Crippen LogP contribution in [0.5, 0.6) is 0 Å². The highest BCUT2D eigenvalue weighted by Gasteiger charge is 2.25. The molecule has 1 saturated heterocycles. The molecule has 1 unspecified atom stereocenters. The maximum atomic E-state index is 11.0. The van der Waals surface area contributed by atoms with Crippen molar-refractivity contribution < 1.29 is 9.90 Å². The number of aryl methyl sites for hydroxylation is 1. The van der Waals surface area contributed by atoms with Gasteiger partial charge in [-0.1, -0.05) is 0 Å². The van der Waals surface area contributed by atoms with Crippen molar-refractivity contribution in [2.75, 3.05) is 23.7 Å². The lowest BCUT2D eigenvalue weighted by atomic mass is 9.98. The average Bonchev–Trinajstić information content (AvgIpc) is 2.33. The molecule has 5 nitrogen and oxygen atoms in total. The first-order chi connectivity index (χ1) is 8.08. The van der Waals surface area contributed by atoms with Crippen LogP contribution in [-0.4, -0.2) is 29.1 Å². The fourth-order valence-electron chi connectivity index (χ4n) is 2.16. The predicted octanol–water partition coefficient (Wildman–Crippen LogP) is 1.27. The molecule has 0 saturated carbocycles. The maximum Gasteiger partial charge on any atom is 0.308 e. The van der Waals surface area contributed by atoms with E-state index in [4.69, 9.17) is 10.8 Å². The molecule has 0 bridgehead atoms. The monoisotopic (exact) mass is 235 g/mol. The Hall–Kier alpha value is -1.78. The molecule has 1 aromatic heterocycles. The first-order valence-corrected chi connectivity index (χ1v) is 5.78. The molecule has 17 heavy (non-hydrogen) atoms. The molecule has 1 aliphatic heterocycles. The lowest BCUT2D eigenvalue weighted by Crippen LogP contribution is -2.38. The Morgan fingerprint density at radius 1 is 1.65 bits per heavy atom. The molecule has 0 spiro atoms. The van der Waals surface area contributed by atoms with Gasteiger partial charge in [0.15, 0.2) is 0 Å². The fourth-order valence-corrected chi connectivity index (χ4v) is 2.16. The number of piperidine rings is 1. The Kier molecular flexibility index (Phi) is 3.17. The number of carbonyl (C=O) groups is 1. The number of nitrogens with zero attached hydrogens (tertiary/aromatic N) is 2. The van der Waals surface area contributed by atoms with E-state index >= 15 is 0 Å². The van der Waals surface area contributed by atoms with E-state index in [2.05, 4.69) is 9.88 Å². The van der Waals surface area contributed by atoms with Gasteiger partial charge >= 0.3 is 5.97 Å². The molecule has 3 N–H and O–H groups in total. The minimum atomic E-state index is -0.713. The van der Waals surface area contributed by atoms with E-state index in [9.17, 15) is 4.79 Å². The van der Waals surface area contributed by atoms with E-state index in [0.717, 1.165) is 30.6 Å². The van der Waals surface area contributed by atoms with Gasteiger partial charge in [-0.2, -0.15) is 0 Å². The Labute approximate surface area is 100 Å². The van der Waals surface area contributed by atoms with Crippen LogP contribution >= 0.6 is 0 Å². The highest BCUT2D eigenvalue weighted by atomic mass is 16.4. The summed E-state index contributed by atoms with van der Waals surface area (Å²) >= 11 is 0. The number of carboxylic acid groups (broad SMARTS) is 1. The highest BCUT2D eigenvalue weighted by Crippen LogP contribution is 2.24. The van der Waals surface area contributed by atoms with Gasteiger partial charge in [0.25, 0.3) is 0 Å². The quantitative estimate of drug-likeness (QED) is 0.807. The number of aliphatic carboxylic acids is 1. The van der Waals surface area contributed by atoms with E-state index in [0.29, 0.717) is 12.4 Å². The van der Waals surface area contributed by atoms with Gasteiger partial charge in [0.05, 0.1) is 17.8 Å². The molecule has 92 valence electrons. The second kappa shape index (κ2) is 4.61. The molecule has 1 fully saturated rings. The number of aromatic nitrogens is 1. The Balaban J connectivity index is 2.16. The van der Waals surface area contributed by atoms with Gasteiger partial charge in [-0.05, 0) is 31.4 Å². The van der Waals surface area contributed by atoms with Crippen LogP contribution in [0.4, 0.5) is 11.5 Å². The minimum Gasteiger partial charge on any atom is -0.481 e. The van der Waals surface area contributed by atoms with Crippen molar-refractivity contribution in [3.63, 3.8) is 0 Å². The van der Waals surface area contributed by atoms with E-state index in [1.165, 1.54) is 0 Å². The molecular formula is C12H17N3O2. The lowest BCUT2D eigenvalue weighted by Gasteiger charge is -2.32. The average molecular weight is 235 g/mol. The predicted molar refractivity (Wildman–Crippen MR) is 66.0 cm³/mol. The Bertz CT molecular complexity index is 434. The summed E-state index contributed by atoms with van der Waals surface area (Å²) in [5.41, 5.74) is 7.56. The molecule has 1 aliphatic rings. The smallest absolute Gasteiger partial charge is 0.308 e. The molecule has 2 heterocycles. The summed E-state index contributed by atoms with van der Waals surface area (Å²) < 4.78 is 0. The van der Waals surface area contributed by atoms with Crippen molar-refractivity contribution in [3.8, 4) is 0 Å². The van der Waals surface area contributed by atoms with Gasteiger partial charge in [-0.15, -0.1) is 0 Å². The number of nitrogens with two attached hydrogens (primary N) is 1. The van der Waals surface area contributed by atoms with Gasteiger partial charge in [-0.25, -0.2) is 4.98 Å². The summed E-state index contributed by atoms with van der Waals surface area (Å²) in [6, 6.07) is 1.96. The van der Waals surface area contributed by atoms with Gasteiger partial charge in [-0.3, -0.25) is 4.79 Å². The molecule has 1 aromatic rings. The lowest BCUT2D eigenvalue weighted by molar-refractivity contribution is -0.141. The maximum absolute atomic E-state index is 11.0. The Morgan fingerprint density at radius 3 is 3.06 bits per heavy atom.